The molecule has 1 aromatic heterocycles. The molecule has 33 heavy (non-hydrogen) atoms. The first-order valence-electron chi connectivity index (χ1n) is 10.4. The average molecular weight is 470 g/mol. The van der Waals surface area contributed by atoms with Crippen molar-refractivity contribution in [1.82, 2.24) is 19.6 Å². The van der Waals surface area contributed by atoms with E-state index in [1.807, 2.05) is 0 Å². The third kappa shape index (κ3) is 4.20. The maximum Gasteiger partial charge on any atom is 0.402 e. The SMILES string of the molecule is CC(C)(C(=O)N1CC2(CCN(C(=O)c3cnn(Cc4ccc(F)c(F)c4)c3)C2)C1)C(F)(F)F. The lowest BCUT2D eigenvalue weighted by Crippen LogP contribution is -2.63. The number of halogens is 5. The lowest BCUT2D eigenvalue weighted by atomic mass is 9.77. The molecule has 2 fully saturated rings. The Balaban J connectivity index is 1.35. The maximum absolute atomic E-state index is 13.4. The number of carbonyl (C=O) groups excluding carboxylic acids is 2. The van der Waals surface area contributed by atoms with Crippen LogP contribution in [0.15, 0.2) is 30.6 Å². The van der Waals surface area contributed by atoms with Gasteiger partial charge in [0.15, 0.2) is 11.6 Å². The van der Waals surface area contributed by atoms with Crippen molar-refractivity contribution in [3.63, 3.8) is 0 Å². The van der Waals surface area contributed by atoms with E-state index >= 15 is 0 Å². The lowest BCUT2D eigenvalue weighted by molar-refractivity contribution is -0.222. The quantitative estimate of drug-likeness (QED) is 0.643. The molecular formula is C22H23F5N4O2. The topological polar surface area (TPSA) is 58.4 Å². The Morgan fingerprint density at radius 2 is 1.73 bits per heavy atom. The molecule has 1 aromatic carbocycles. The number of benzene rings is 1. The smallest absolute Gasteiger partial charge is 0.341 e. The normalized spacial score (nSPS) is 18.0. The Kier molecular flexibility index (Phi) is 5.49. The van der Waals surface area contributed by atoms with Crippen LogP contribution in [-0.2, 0) is 11.3 Å². The summed E-state index contributed by atoms with van der Waals surface area (Å²) < 4.78 is 67.4. The molecule has 2 aliphatic rings. The van der Waals surface area contributed by atoms with Crippen LogP contribution in [0, 0.1) is 22.5 Å². The van der Waals surface area contributed by atoms with Gasteiger partial charge in [-0.3, -0.25) is 14.3 Å². The van der Waals surface area contributed by atoms with Gasteiger partial charge in [-0.1, -0.05) is 6.07 Å². The first-order chi connectivity index (χ1) is 15.3. The summed E-state index contributed by atoms with van der Waals surface area (Å²) in [6.45, 7) is 3.05. The van der Waals surface area contributed by atoms with Gasteiger partial charge in [-0.25, -0.2) is 8.78 Å². The highest BCUT2D eigenvalue weighted by Crippen LogP contribution is 2.45. The van der Waals surface area contributed by atoms with Crippen LogP contribution < -0.4 is 0 Å². The van der Waals surface area contributed by atoms with Crippen LogP contribution in [0.2, 0.25) is 0 Å². The molecule has 0 bridgehead atoms. The monoisotopic (exact) mass is 470 g/mol. The highest BCUT2D eigenvalue weighted by atomic mass is 19.4. The predicted molar refractivity (Wildman–Crippen MR) is 107 cm³/mol. The fraction of sp³-hybridized carbons (Fsp3) is 0.500. The zero-order chi connectivity index (χ0) is 24.2. The van der Waals surface area contributed by atoms with Crippen molar-refractivity contribution in [3.8, 4) is 0 Å². The summed E-state index contributed by atoms with van der Waals surface area (Å²) >= 11 is 0. The van der Waals surface area contributed by atoms with Crippen LogP contribution in [0.3, 0.4) is 0 Å². The number of likely N-dealkylation sites (tertiary alicyclic amines) is 2. The summed E-state index contributed by atoms with van der Waals surface area (Å²) in [6.07, 6.45) is -1.14. The third-order valence-corrected chi connectivity index (χ3v) is 6.52. The van der Waals surface area contributed by atoms with E-state index < -0.39 is 34.5 Å². The molecule has 6 nitrogen and oxygen atoms in total. The summed E-state index contributed by atoms with van der Waals surface area (Å²) in [5.74, 6) is -3.14. The number of rotatable bonds is 4. The van der Waals surface area contributed by atoms with Gasteiger partial charge in [-0.15, -0.1) is 0 Å². The number of amides is 2. The second kappa shape index (κ2) is 7.81. The average Bonchev–Trinajstić information content (AvgIpc) is 3.35. The van der Waals surface area contributed by atoms with Crippen LogP contribution in [0.4, 0.5) is 22.0 Å². The molecule has 0 radical (unpaired) electrons. The molecule has 2 saturated heterocycles. The molecule has 3 heterocycles. The maximum atomic E-state index is 13.4. The molecule has 4 rings (SSSR count). The Morgan fingerprint density at radius 1 is 1.06 bits per heavy atom. The molecule has 11 heteroatoms. The molecule has 0 aliphatic carbocycles. The van der Waals surface area contributed by atoms with Gasteiger partial charge in [0.25, 0.3) is 5.91 Å². The molecule has 2 aromatic rings. The molecule has 0 saturated carbocycles. The molecule has 2 amide bonds. The summed E-state index contributed by atoms with van der Waals surface area (Å²) in [7, 11) is 0. The number of aromatic nitrogens is 2. The van der Waals surface area contributed by atoms with Crippen LogP contribution in [0.5, 0.6) is 0 Å². The molecule has 0 atom stereocenters. The molecular weight excluding hydrogens is 447 g/mol. The molecule has 0 N–H and O–H groups in total. The van der Waals surface area contributed by atoms with E-state index in [1.54, 1.807) is 4.90 Å². The van der Waals surface area contributed by atoms with Gasteiger partial charge < -0.3 is 9.80 Å². The summed E-state index contributed by atoms with van der Waals surface area (Å²) in [6, 6.07) is 3.51. The van der Waals surface area contributed by atoms with Crippen molar-refractivity contribution in [2.75, 3.05) is 26.2 Å². The second-order valence-electron chi connectivity index (χ2n) is 9.44. The van der Waals surface area contributed by atoms with Crippen molar-refractivity contribution < 1.29 is 31.5 Å². The first kappa shape index (κ1) is 23.2. The van der Waals surface area contributed by atoms with Crippen LogP contribution in [0.1, 0.15) is 36.2 Å². The fourth-order valence-corrected chi connectivity index (χ4v) is 4.36. The van der Waals surface area contributed by atoms with Crippen molar-refractivity contribution in [3.05, 3.63) is 53.4 Å². The number of carbonyl (C=O) groups is 2. The summed E-state index contributed by atoms with van der Waals surface area (Å²) in [5.41, 5.74) is -2.04. The van der Waals surface area contributed by atoms with E-state index in [4.69, 9.17) is 0 Å². The molecule has 0 unspecified atom stereocenters. The standard InChI is InChI=1S/C22H23F5N4O2/c1-20(2,22(25,26)27)19(33)30-12-21(13-30)5-6-29(11-21)18(32)15-8-28-31(10-15)9-14-3-4-16(23)17(24)7-14/h3-4,7-8,10H,5-6,9,11-13H2,1-2H3. The highest BCUT2D eigenvalue weighted by molar-refractivity contribution is 5.94. The van der Waals surface area contributed by atoms with Gasteiger partial charge in [-0.05, 0) is 38.0 Å². The molecule has 2 aliphatic heterocycles. The number of hydrogen-bond acceptors (Lipinski definition) is 3. The van der Waals surface area contributed by atoms with E-state index in [0.717, 1.165) is 26.0 Å². The summed E-state index contributed by atoms with van der Waals surface area (Å²) in [4.78, 5) is 28.0. The number of nitrogens with zero attached hydrogens (tertiary/aromatic N) is 4. The third-order valence-electron chi connectivity index (χ3n) is 6.52. The van der Waals surface area contributed by atoms with Gasteiger partial charge in [0, 0.05) is 37.8 Å². The van der Waals surface area contributed by atoms with Crippen LogP contribution in [0.25, 0.3) is 0 Å². The van der Waals surface area contributed by atoms with Gasteiger partial charge in [0.2, 0.25) is 5.91 Å². The number of alkyl halides is 3. The molecule has 178 valence electrons. The van der Waals surface area contributed by atoms with E-state index in [2.05, 4.69) is 5.10 Å². The van der Waals surface area contributed by atoms with Crippen LogP contribution in [-0.4, -0.2) is 63.7 Å². The summed E-state index contributed by atoms with van der Waals surface area (Å²) in [5, 5.41) is 4.11. The Labute approximate surface area is 186 Å². The minimum Gasteiger partial charge on any atom is -0.341 e. The van der Waals surface area contributed by atoms with E-state index in [0.29, 0.717) is 30.6 Å². The van der Waals surface area contributed by atoms with Gasteiger partial charge in [-0.2, -0.15) is 18.3 Å². The van der Waals surface area contributed by atoms with Crippen molar-refractivity contribution in [2.45, 2.75) is 33.0 Å². The second-order valence-corrected chi connectivity index (χ2v) is 9.44. The first-order valence-corrected chi connectivity index (χ1v) is 10.4. The predicted octanol–water partition coefficient (Wildman–Crippen LogP) is 3.47. The van der Waals surface area contributed by atoms with Crippen molar-refractivity contribution in [2.24, 2.45) is 10.8 Å². The minimum absolute atomic E-state index is 0.153. The zero-order valence-electron chi connectivity index (χ0n) is 18.1. The van der Waals surface area contributed by atoms with Gasteiger partial charge in [0.1, 0.15) is 5.41 Å². The Bertz CT molecular complexity index is 1090. The van der Waals surface area contributed by atoms with E-state index in [-0.39, 0.29) is 25.5 Å². The molecule has 1 spiro atoms. The van der Waals surface area contributed by atoms with Gasteiger partial charge >= 0.3 is 6.18 Å². The van der Waals surface area contributed by atoms with E-state index in [1.165, 1.54) is 28.0 Å². The number of hydrogen-bond donors (Lipinski definition) is 0. The Morgan fingerprint density at radius 3 is 2.36 bits per heavy atom. The fourth-order valence-electron chi connectivity index (χ4n) is 4.36. The van der Waals surface area contributed by atoms with Crippen molar-refractivity contribution >= 4 is 11.8 Å². The largest absolute Gasteiger partial charge is 0.402 e. The van der Waals surface area contributed by atoms with Gasteiger partial charge in [0.05, 0.1) is 18.3 Å². The van der Waals surface area contributed by atoms with Crippen molar-refractivity contribution in [1.29, 1.82) is 0 Å². The minimum atomic E-state index is -4.63. The zero-order valence-corrected chi connectivity index (χ0v) is 18.1. The Hall–Kier alpha value is -2.98. The lowest BCUT2D eigenvalue weighted by Gasteiger charge is -2.50. The van der Waals surface area contributed by atoms with Crippen LogP contribution >= 0.6 is 0 Å². The van der Waals surface area contributed by atoms with E-state index in [9.17, 15) is 31.5 Å². The highest BCUT2D eigenvalue weighted by Gasteiger charge is 2.59.